The van der Waals surface area contributed by atoms with Crippen molar-refractivity contribution >= 4 is 39.8 Å². The number of benzene rings is 2. The molecule has 0 aliphatic rings. The first-order valence-corrected chi connectivity index (χ1v) is 11.4. The van der Waals surface area contributed by atoms with E-state index in [2.05, 4.69) is 15.6 Å². The molecular formula is C21H29FIN3O3S. The molecule has 1 atom stereocenters. The van der Waals surface area contributed by atoms with E-state index in [1.807, 2.05) is 19.1 Å². The van der Waals surface area contributed by atoms with Gasteiger partial charge in [-0.15, -0.1) is 24.0 Å². The minimum Gasteiger partial charge on any atom is -0.486 e. The van der Waals surface area contributed by atoms with Gasteiger partial charge in [-0.05, 0) is 42.7 Å². The number of nitrogens with zero attached hydrogens (tertiary/aromatic N) is 1. The lowest BCUT2D eigenvalue weighted by Gasteiger charge is -2.20. The largest absolute Gasteiger partial charge is 0.486 e. The molecule has 0 spiro atoms. The Morgan fingerprint density at radius 3 is 2.37 bits per heavy atom. The van der Waals surface area contributed by atoms with Gasteiger partial charge in [0.2, 0.25) is 0 Å². The summed E-state index contributed by atoms with van der Waals surface area (Å²) in [6.45, 7) is 3.08. The van der Waals surface area contributed by atoms with Crippen LogP contribution in [-0.4, -0.2) is 46.9 Å². The van der Waals surface area contributed by atoms with Crippen LogP contribution in [0, 0.1) is 5.82 Å². The van der Waals surface area contributed by atoms with Crippen LogP contribution < -0.4 is 15.4 Å². The number of sulfone groups is 1. The summed E-state index contributed by atoms with van der Waals surface area (Å²) < 4.78 is 42.5. The molecule has 0 radical (unpaired) electrons. The third-order valence-corrected chi connectivity index (χ3v) is 5.49. The Bertz CT molecular complexity index is 921. The minimum atomic E-state index is -3.18. The SMILES string of the molecule is CCC(CNC(=NC)NCCc1ccc(S(C)(=O)=O)cc1)Oc1ccccc1F.I. The summed E-state index contributed by atoms with van der Waals surface area (Å²) >= 11 is 0. The second-order valence-corrected chi connectivity index (χ2v) is 8.64. The second-order valence-electron chi connectivity index (χ2n) is 6.62. The van der Waals surface area contributed by atoms with E-state index in [9.17, 15) is 12.8 Å². The van der Waals surface area contributed by atoms with Crippen molar-refractivity contribution in [1.82, 2.24) is 10.6 Å². The van der Waals surface area contributed by atoms with E-state index in [0.717, 1.165) is 5.56 Å². The maximum atomic E-state index is 13.8. The predicted molar refractivity (Wildman–Crippen MR) is 129 cm³/mol. The number of nitrogens with one attached hydrogen (secondary N) is 2. The van der Waals surface area contributed by atoms with Crippen LogP contribution >= 0.6 is 24.0 Å². The highest BCUT2D eigenvalue weighted by atomic mass is 127. The van der Waals surface area contributed by atoms with E-state index in [1.54, 1.807) is 37.4 Å². The monoisotopic (exact) mass is 549 g/mol. The Kier molecular flexibility index (Phi) is 11.1. The van der Waals surface area contributed by atoms with Gasteiger partial charge >= 0.3 is 0 Å². The lowest BCUT2D eigenvalue weighted by Crippen LogP contribution is -2.43. The number of aliphatic imine (C=N–C) groups is 1. The molecule has 1 unspecified atom stereocenters. The Morgan fingerprint density at radius 2 is 1.80 bits per heavy atom. The van der Waals surface area contributed by atoms with Crippen LogP contribution in [0.15, 0.2) is 58.4 Å². The van der Waals surface area contributed by atoms with E-state index in [0.29, 0.717) is 36.8 Å². The van der Waals surface area contributed by atoms with E-state index in [1.165, 1.54) is 12.3 Å². The van der Waals surface area contributed by atoms with Crippen LogP contribution in [0.25, 0.3) is 0 Å². The van der Waals surface area contributed by atoms with Gasteiger partial charge < -0.3 is 15.4 Å². The zero-order chi connectivity index (χ0) is 21.3. The molecule has 0 aliphatic heterocycles. The standard InChI is InChI=1S/C21H28FN3O3S.HI/c1-4-17(28-20-8-6-5-7-19(20)22)15-25-21(23-2)24-14-13-16-9-11-18(12-10-16)29(3,26)27;/h5-12,17H,4,13-15H2,1-3H3,(H2,23,24,25);1H. The fraction of sp³-hybridized carbons (Fsp3) is 0.381. The number of hydrogen-bond acceptors (Lipinski definition) is 4. The van der Waals surface area contributed by atoms with Gasteiger partial charge in [-0.3, -0.25) is 4.99 Å². The molecule has 9 heteroatoms. The van der Waals surface area contributed by atoms with Gasteiger partial charge in [0.25, 0.3) is 0 Å². The molecule has 2 aromatic rings. The van der Waals surface area contributed by atoms with Crippen LogP contribution in [0.1, 0.15) is 18.9 Å². The molecule has 2 aromatic carbocycles. The highest BCUT2D eigenvalue weighted by Crippen LogP contribution is 2.17. The predicted octanol–water partition coefficient (Wildman–Crippen LogP) is 3.41. The Balaban J connectivity index is 0.00000450. The van der Waals surface area contributed by atoms with Crippen LogP contribution in [0.5, 0.6) is 5.75 Å². The maximum Gasteiger partial charge on any atom is 0.191 e. The van der Waals surface area contributed by atoms with Gasteiger partial charge in [-0.2, -0.15) is 0 Å². The normalized spacial score (nSPS) is 12.6. The molecule has 0 heterocycles. The fourth-order valence-electron chi connectivity index (χ4n) is 2.65. The molecule has 30 heavy (non-hydrogen) atoms. The lowest BCUT2D eigenvalue weighted by molar-refractivity contribution is 0.191. The number of hydrogen-bond donors (Lipinski definition) is 2. The number of para-hydroxylation sites is 1. The Hall–Kier alpha value is -1.88. The summed E-state index contributed by atoms with van der Waals surface area (Å²) in [5, 5.41) is 6.40. The summed E-state index contributed by atoms with van der Waals surface area (Å²) in [4.78, 5) is 4.49. The molecule has 0 saturated carbocycles. The summed E-state index contributed by atoms with van der Waals surface area (Å²) in [5.74, 6) is 0.477. The van der Waals surface area contributed by atoms with Gasteiger partial charge in [0.15, 0.2) is 27.4 Å². The van der Waals surface area contributed by atoms with Gasteiger partial charge in [0.1, 0.15) is 6.10 Å². The summed E-state index contributed by atoms with van der Waals surface area (Å²) in [6.07, 6.45) is 2.42. The van der Waals surface area contributed by atoms with E-state index in [4.69, 9.17) is 4.74 Å². The van der Waals surface area contributed by atoms with E-state index in [-0.39, 0.29) is 41.6 Å². The zero-order valence-corrected chi connectivity index (χ0v) is 20.5. The van der Waals surface area contributed by atoms with Crippen molar-refractivity contribution in [2.24, 2.45) is 4.99 Å². The molecule has 0 amide bonds. The van der Waals surface area contributed by atoms with Crippen molar-refractivity contribution in [2.45, 2.75) is 30.8 Å². The van der Waals surface area contributed by atoms with Crippen LogP contribution in [-0.2, 0) is 16.3 Å². The average molecular weight is 549 g/mol. The molecule has 6 nitrogen and oxygen atoms in total. The second kappa shape index (κ2) is 12.7. The maximum absolute atomic E-state index is 13.8. The Morgan fingerprint density at radius 1 is 1.13 bits per heavy atom. The number of halogens is 2. The van der Waals surface area contributed by atoms with Crippen molar-refractivity contribution in [3.05, 3.63) is 59.9 Å². The molecule has 0 bridgehead atoms. The van der Waals surface area contributed by atoms with Crippen LogP contribution in [0.2, 0.25) is 0 Å². The summed E-state index contributed by atoms with van der Waals surface area (Å²) in [5.41, 5.74) is 1.02. The minimum absolute atomic E-state index is 0. The van der Waals surface area contributed by atoms with Crippen molar-refractivity contribution in [3.8, 4) is 5.75 Å². The first-order chi connectivity index (χ1) is 13.8. The van der Waals surface area contributed by atoms with Crippen LogP contribution in [0.3, 0.4) is 0 Å². The number of rotatable bonds is 9. The van der Waals surface area contributed by atoms with Crippen molar-refractivity contribution in [3.63, 3.8) is 0 Å². The molecule has 0 saturated heterocycles. The van der Waals surface area contributed by atoms with Crippen molar-refractivity contribution in [1.29, 1.82) is 0 Å². The number of guanidine groups is 1. The third kappa shape index (κ3) is 8.47. The highest BCUT2D eigenvalue weighted by Gasteiger charge is 2.12. The zero-order valence-electron chi connectivity index (χ0n) is 17.4. The number of ether oxygens (including phenoxy) is 1. The lowest BCUT2D eigenvalue weighted by atomic mass is 10.1. The first-order valence-electron chi connectivity index (χ1n) is 9.48. The molecule has 0 aromatic heterocycles. The molecule has 2 N–H and O–H groups in total. The average Bonchev–Trinajstić information content (AvgIpc) is 2.70. The molecule has 0 fully saturated rings. The van der Waals surface area contributed by atoms with Gasteiger partial charge in [0, 0.05) is 19.8 Å². The molecular weight excluding hydrogens is 520 g/mol. The third-order valence-electron chi connectivity index (χ3n) is 4.36. The summed E-state index contributed by atoms with van der Waals surface area (Å²) in [6, 6.07) is 13.2. The van der Waals surface area contributed by atoms with Crippen LogP contribution in [0.4, 0.5) is 4.39 Å². The van der Waals surface area contributed by atoms with E-state index < -0.39 is 9.84 Å². The van der Waals surface area contributed by atoms with Crippen molar-refractivity contribution in [2.75, 3.05) is 26.4 Å². The van der Waals surface area contributed by atoms with Gasteiger partial charge in [0.05, 0.1) is 11.4 Å². The van der Waals surface area contributed by atoms with Crippen molar-refractivity contribution < 1.29 is 17.5 Å². The van der Waals surface area contributed by atoms with Gasteiger partial charge in [-0.1, -0.05) is 31.2 Å². The topological polar surface area (TPSA) is 79.8 Å². The highest BCUT2D eigenvalue weighted by molar-refractivity contribution is 14.0. The molecule has 166 valence electrons. The first kappa shape index (κ1) is 26.2. The van der Waals surface area contributed by atoms with Gasteiger partial charge in [-0.25, -0.2) is 12.8 Å². The smallest absolute Gasteiger partial charge is 0.191 e. The quantitative estimate of drug-likeness (QED) is 0.285. The molecule has 0 aliphatic carbocycles. The summed E-state index contributed by atoms with van der Waals surface area (Å²) in [7, 11) is -1.51. The molecule has 2 rings (SSSR count). The Labute approximate surface area is 195 Å². The van der Waals surface area contributed by atoms with E-state index >= 15 is 0 Å². The fourth-order valence-corrected chi connectivity index (χ4v) is 3.28.